The summed E-state index contributed by atoms with van der Waals surface area (Å²) < 4.78 is 0. The number of aromatic nitrogens is 4. The van der Waals surface area contributed by atoms with Crippen molar-refractivity contribution >= 4 is 40.8 Å². The molecule has 34 heavy (non-hydrogen) atoms. The van der Waals surface area contributed by atoms with Gasteiger partial charge in [-0.05, 0) is 48.4 Å². The van der Waals surface area contributed by atoms with Crippen LogP contribution < -0.4 is 15.5 Å². The van der Waals surface area contributed by atoms with Gasteiger partial charge in [-0.1, -0.05) is 27.7 Å². The molecule has 0 unspecified atom stereocenters. The van der Waals surface area contributed by atoms with Gasteiger partial charge >= 0.3 is 0 Å². The van der Waals surface area contributed by atoms with E-state index in [1.807, 2.05) is 71.0 Å². The number of aliphatic hydroxyl groups is 1. The van der Waals surface area contributed by atoms with E-state index >= 15 is 0 Å². The van der Waals surface area contributed by atoms with Crippen molar-refractivity contribution in [2.24, 2.45) is 5.41 Å². The Kier molecular flexibility index (Phi) is 6.55. The van der Waals surface area contributed by atoms with Crippen molar-refractivity contribution in [2.45, 2.75) is 56.7 Å². The highest BCUT2D eigenvalue weighted by molar-refractivity contribution is 7.99. The van der Waals surface area contributed by atoms with Gasteiger partial charge in [0.15, 0.2) is 11.0 Å². The highest BCUT2D eigenvalue weighted by atomic mass is 32.2. The van der Waals surface area contributed by atoms with Gasteiger partial charge in [-0.3, -0.25) is 9.89 Å². The van der Waals surface area contributed by atoms with E-state index in [-0.39, 0.29) is 11.3 Å². The van der Waals surface area contributed by atoms with Gasteiger partial charge in [0.05, 0.1) is 13.1 Å². The van der Waals surface area contributed by atoms with Crippen molar-refractivity contribution < 1.29 is 9.90 Å². The van der Waals surface area contributed by atoms with E-state index in [2.05, 4.69) is 30.7 Å². The van der Waals surface area contributed by atoms with Gasteiger partial charge in [0.2, 0.25) is 5.91 Å². The zero-order chi connectivity index (χ0) is 24.5. The first-order valence-corrected chi connectivity index (χ1v) is 12.1. The third-order valence-electron chi connectivity index (χ3n) is 5.95. The first-order chi connectivity index (χ1) is 16.0. The highest BCUT2D eigenvalue weighted by Crippen LogP contribution is 2.40. The topological polar surface area (TPSA) is 119 Å². The summed E-state index contributed by atoms with van der Waals surface area (Å²) in [5.41, 5.74) is 0.706. The van der Waals surface area contributed by atoms with Crippen LogP contribution in [0, 0.1) is 12.3 Å². The molecule has 0 radical (unpaired) electrons. The summed E-state index contributed by atoms with van der Waals surface area (Å²) in [7, 11) is 0. The third kappa shape index (κ3) is 5.34. The normalized spacial score (nSPS) is 15.1. The van der Waals surface area contributed by atoms with Crippen LogP contribution in [-0.4, -0.2) is 49.9 Å². The largest absolute Gasteiger partial charge is 0.386 e. The van der Waals surface area contributed by atoms with Crippen LogP contribution in [0.3, 0.4) is 0 Å². The number of carbonyl (C=O) groups excluding carboxylic acids is 1. The average molecular weight is 482 g/mol. The number of hydrogen-bond acceptors (Lipinski definition) is 8. The molecular weight excluding hydrogens is 450 g/mol. The maximum Gasteiger partial charge on any atom is 0.224 e. The minimum absolute atomic E-state index is 0.0227. The minimum Gasteiger partial charge on any atom is -0.386 e. The number of rotatable bonds is 7. The van der Waals surface area contributed by atoms with Gasteiger partial charge in [-0.15, -0.1) is 0 Å². The Morgan fingerprint density at radius 2 is 1.88 bits per heavy atom. The molecule has 3 heterocycles. The Hall–Kier alpha value is -3.11. The Labute approximate surface area is 203 Å². The molecule has 180 valence electrons. The van der Waals surface area contributed by atoms with Gasteiger partial charge < -0.3 is 20.6 Å². The van der Waals surface area contributed by atoms with Crippen LogP contribution in [0.2, 0.25) is 0 Å². The van der Waals surface area contributed by atoms with E-state index in [0.717, 1.165) is 22.1 Å². The number of anilines is 4. The lowest BCUT2D eigenvalue weighted by Gasteiger charge is -2.54. The minimum atomic E-state index is -0.767. The predicted molar refractivity (Wildman–Crippen MR) is 135 cm³/mol. The maximum absolute atomic E-state index is 11.6. The number of H-pyrrole nitrogens is 1. The maximum atomic E-state index is 11.6. The third-order valence-corrected chi connectivity index (χ3v) is 6.82. The number of hydrogen-bond donors (Lipinski definition) is 4. The van der Waals surface area contributed by atoms with Crippen LogP contribution in [0.4, 0.5) is 23.1 Å². The predicted octanol–water partition coefficient (Wildman–Crippen LogP) is 4.35. The molecule has 9 nitrogen and oxygen atoms in total. The van der Waals surface area contributed by atoms with Crippen LogP contribution in [0.15, 0.2) is 46.5 Å². The van der Waals surface area contributed by atoms with Crippen LogP contribution in [0.25, 0.3) is 0 Å². The Bertz CT molecular complexity index is 1160. The van der Waals surface area contributed by atoms with Gasteiger partial charge in [0.25, 0.3) is 0 Å². The summed E-state index contributed by atoms with van der Waals surface area (Å²) in [5.74, 6) is 2.01. The van der Waals surface area contributed by atoms with Crippen molar-refractivity contribution in [3.8, 4) is 0 Å². The highest BCUT2D eigenvalue weighted by Gasteiger charge is 2.50. The number of amides is 1. The lowest BCUT2D eigenvalue weighted by molar-refractivity contribution is -0.115. The van der Waals surface area contributed by atoms with Crippen molar-refractivity contribution in [2.75, 3.05) is 28.6 Å². The summed E-state index contributed by atoms with van der Waals surface area (Å²) in [6.45, 7) is 10.9. The number of benzene rings is 1. The van der Waals surface area contributed by atoms with Gasteiger partial charge in [0, 0.05) is 34.8 Å². The van der Waals surface area contributed by atoms with Crippen molar-refractivity contribution in [1.82, 2.24) is 20.2 Å². The van der Waals surface area contributed by atoms with E-state index < -0.39 is 5.60 Å². The van der Waals surface area contributed by atoms with E-state index in [1.54, 1.807) is 0 Å². The molecule has 1 fully saturated rings. The summed E-state index contributed by atoms with van der Waals surface area (Å²) >= 11 is 1.43. The Balaban J connectivity index is 1.56. The molecule has 1 aliphatic heterocycles. The molecule has 0 saturated carbocycles. The zero-order valence-corrected chi connectivity index (χ0v) is 21.0. The van der Waals surface area contributed by atoms with Crippen LogP contribution in [0.5, 0.6) is 0 Å². The van der Waals surface area contributed by atoms with Gasteiger partial charge in [0.1, 0.15) is 17.2 Å². The molecular formula is C24H31N7O2S. The van der Waals surface area contributed by atoms with E-state index in [0.29, 0.717) is 36.3 Å². The van der Waals surface area contributed by atoms with Gasteiger partial charge in [-0.25, -0.2) is 9.97 Å². The molecule has 1 amide bonds. The summed E-state index contributed by atoms with van der Waals surface area (Å²) in [5, 5.41) is 24.8. The Morgan fingerprint density at radius 1 is 1.18 bits per heavy atom. The molecule has 1 aromatic carbocycles. The first kappa shape index (κ1) is 24.0. The quantitative estimate of drug-likeness (QED) is 0.368. The number of aryl methyl sites for hydroxylation is 1. The van der Waals surface area contributed by atoms with E-state index in [4.69, 9.17) is 4.98 Å². The molecule has 0 bridgehead atoms. The average Bonchev–Trinajstić information content (AvgIpc) is 3.16. The van der Waals surface area contributed by atoms with E-state index in [9.17, 15) is 9.90 Å². The second-order valence-corrected chi connectivity index (χ2v) is 10.7. The number of β-amino-alcohol motifs (C(OH)–C–C–N with tert-alkyl or cyclic N) is 1. The van der Waals surface area contributed by atoms with Crippen LogP contribution in [-0.2, 0) is 4.79 Å². The lowest BCUT2D eigenvalue weighted by atomic mass is 9.71. The fraction of sp³-hybridized carbons (Fsp3) is 0.417. The summed E-state index contributed by atoms with van der Waals surface area (Å²) in [4.78, 5) is 24.0. The molecule has 1 saturated heterocycles. The van der Waals surface area contributed by atoms with Crippen molar-refractivity contribution in [3.63, 3.8) is 0 Å². The number of aromatic amines is 1. The zero-order valence-electron chi connectivity index (χ0n) is 20.1. The molecule has 0 atom stereocenters. The monoisotopic (exact) mass is 481 g/mol. The van der Waals surface area contributed by atoms with Crippen molar-refractivity contribution in [1.29, 1.82) is 0 Å². The molecule has 4 N–H and O–H groups in total. The Morgan fingerprint density at radius 3 is 2.47 bits per heavy atom. The number of nitrogens with one attached hydrogen (secondary N) is 3. The molecule has 3 aromatic rings. The standard InChI is InChI=1S/C24H31N7O2S/c1-6-21(32)25-16-7-9-17(10-8-16)34-22-27-18(26-19-11-15(2)29-30-19)12-20(28-22)31-13-24(33,14-31)23(3,4)5/h7-12,33H,6,13-14H2,1-5H3,(H,25,32)(H2,26,27,28,29,30). The molecule has 10 heteroatoms. The van der Waals surface area contributed by atoms with E-state index in [1.165, 1.54) is 11.8 Å². The van der Waals surface area contributed by atoms with Gasteiger partial charge in [-0.2, -0.15) is 5.10 Å². The number of carbonyl (C=O) groups is 1. The molecule has 0 aliphatic carbocycles. The second kappa shape index (κ2) is 9.27. The molecule has 1 aliphatic rings. The second-order valence-electron chi connectivity index (χ2n) is 9.62. The summed E-state index contributed by atoms with van der Waals surface area (Å²) in [6.07, 6.45) is 0.434. The van der Waals surface area contributed by atoms with Crippen LogP contribution in [0.1, 0.15) is 39.8 Å². The van der Waals surface area contributed by atoms with Crippen LogP contribution >= 0.6 is 11.8 Å². The first-order valence-electron chi connectivity index (χ1n) is 11.3. The van der Waals surface area contributed by atoms with Crippen molar-refractivity contribution in [3.05, 3.63) is 42.1 Å². The molecule has 4 rings (SSSR count). The molecule has 2 aromatic heterocycles. The SMILES string of the molecule is CCC(=O)Nc1ccc(Sc2nc(Nc3cc(C)[nH]n3)cc(N3CC(O)(C(C)(C)C)C3)n2)cc1. The lowest BCUT2D eigenvalue weighted by Crippen LogP contribution is -2.68. The fourth-order valence-electron chi connectivity index (χ4n) is 3.48. The summed E-state index contributed by atoms with van der Waals surface area (Å²) in [6, 6.07) is 11.4. The smallest absolute Gasteiger partial charge is 0.224 e. The number of nitrogens with zero attached hydrogens (tertiary/aromatic N) is 4. The fourth-order valence-corrected chi connectivity index (χ4v) is 4.25. The molecule has 0 spiro atoms.